The van der Waals surface area contributed by atoms with Gasteiger partial charge in [0.1, 0.15) is 11.5 Å². The van der Waals surface area contributed by atoms with E-state index in [1.807, 2.05) is 42.5 Å². The zero-order valence-electron chi connectivity index (χ0n) is 11.9. The minimum absolute atomic E-state index is 0.335. The van der Waals surface area contributed by atoms with Crippen LogP contribution in [0, 0.1) is 0 Å². The lowest BCUT2D eigenvalue weighted by Crippen LogP contribution is -2.05. The number of rotatable bonds is 7. The Balaban J connectivity index is 1.76. The Bertz CT molecular complexity index is 648. The Hall–Kier alpha value is -2.01. The van der Waals surface area contributed by atoms with Gasteiger partial charge in [-0.1, -0.05) is 30.3 Å². The summed E-state index contributed by atoms with van der Waals surface area (Å²) in [6, 6.07) is 16.7. The van der Waals surface area contributed by atoms with Crippen molar-refractivity contribution in [3.8, 4) is 11.5 Å². The van der Waals surface area contributed by atoms with Crippen molar-refractivity contribution in [3.63, 3.8) is 0 Å². The molecule has 2 aromatic carbocycles. The van der Waals surface area contributed by atoms with Gasteiger partial charge in [0.25, 0.3) is 0 Å². The highest BCUT2D eigenvalue weighted by Gasteiger charge is 2.03. The summed E-state index contributed by atoms with van der Waals surface area (Å²) in [6.07, 6.45) is 2.79. The summed E-state index contributed by atoms with van der Waals surface area (Å²) in [5.74, 6) is 1.20. The number of benzene rings is 2. The average Bonchev–Trinajstić information content (AvgIpc) is 2.45. The summed E-state index contributed by atoms with van der Waals surface area (Å²) in [4.78, 5) is 0. The summed E-state index contributed by atoms with van der Waals surface area (Å²) in [5, 5.41) is 0. The van der Waals surface area contributed by atoms with Crippen LogP contribution in [0.1, 0.15) is 12.0 Å². The monoisotopic (exact) mass is 306 g/mol. The average molecular weight is 306 g/mol. The van der Waals surface area contributed by atoms with Crippen LogP contribution in [0.25, 0.3) is 0 Å². The lowest BCUT2D eigenvalue weighted by atomic mass is 10.1. The highest BCUT2D eigenvalue weighted by atomic mass is 32.2. The van der Waals surface area contributed by atoms with Gasteiger partial charge in [0, 0.05) is 0 Å². The molecule has 0 aliphatic rings. The summed E-state index contributed by atoms with van der Waals surface area (Å²) in [5.41, 5.74) is 1.12. The molecule has 0 bridgehead atoms. The fraction of sp³-hybridized carbons (Fsp3) is 0.250. The Morgan fingerprint density at radius 3 is 2.19 bits per heavy atom. The highest BCUT2D eigenvalue weighted by molar-refractivity contribution is 7.86. The maximum atomic E-state index is 11.0. The van der Waals surface area contributed by atoms with Gasteiger partial charge in [-0.05, 0) is 42.7 Å². The van der Waals surface area contributed by atoms with Crippen molar-refractivity contribution >= 4 is 10.1 Å². The van der Waals surface area contributed by atoms with E-state index in [4.69, 9.17) is 8.92 Å². The van der Waals surface area contributed by atoms with Crippen molar-refractivity contribution in [2.75, 3.05) is 12.9 Å². The zero-order valence-corrected chi connectivity index (χ0v) is 12.7. The van der Waals surface area contributed by atoms with E-state index >= 15 is 0 Å². The lowest BCUT2D eigenvalue weighted by molar-refractivity contribution is 0.311. The molecule has 0 amide bonds. The standard InChI is InChI=1S/C16H18O4S/c1-21(17,18)20-16-11-9-14(10-12-16)6-5-13-19-15-7-3-2-4-8-15/h2-4,7-12H,5-6,13H2,1H3. The van der Waals surface area contributed by atoms with E-state index in [2.05, 4.69) is 0 Å². The molecular formula is C16H18O4S. The quantitative estimate of drug-likeness (QED) is 0.583. The molecule has 4 nitrogen and oxygen atoms in total. The number of ether oxygens (including phenoxy) is 1. The largest absolute Gasteiger partial charge is 0.494 e. The van der Waals surface area contributed by atoms with Crippen LogP contribution < -0.4 is 8.92 Å². The number of hydrogen-bond donors (Lipinski definition) is 0. The van der Waals surface area contributed by atoms with Crippen LogP contribution in [0.2, 0.25) is 0 Å². The van der Waals surface area contributed by atoms with Crippen LogP contribution in [0.5, 0.6) is 11.5 Å². The SMILES string of the molecule is CS(=O)(=O)Oc1ccc(CCCOc2ccccc2)cc1. The Kier molecular flexibility index (Phi) is 5.22. The Labute approximate surface area is 125 Å². The molecule has 0 saturated heterocycles. The van der Waals surface area contributed by atoms with Crippen LogP contribution in [0.3, 0.4) is 0 Å². The lowest BCUT2D eigenvalue weighted by Gasteiger charge is -2.07. The first-order chi connectivity index (χ1) is 10.0. The van der Waals surface area contributed by atoms with Gasteiger partial charge in [0.05, 0.1) is 12.9 Å². The molecule has 21 heavy (non-hydrogen) atoms. The summed E-state index contributed by atoms with van der Waals surface area (Å²) >= 11 is 0. The first kappa shape index (κ1) is 15.4. The molecule has 0 atom stereocenters. The maximum Gasteiger partial charge on any atom is 0.306 e. The van der Waals surface area contributed by atoms with Crippen molar-refractivity contribution in [3.05, 3.63) is 60.2 Å². The molecule has 0 aromatic heterocycles. The van der Waals surface area contributed by atoms with Crippen LogP contribution in [-0.2, 0) is 16.5 Å². The van der Waals surface area contributed by atoms with E-state index in [1.54, 1.807) is 12.1 Å². The molecule has 2 aromatic rings. The van der Waals surface area contributed by atoms with E-state index < -0.39 is 10.1 Å². The molecule has 112 valence electrons. The van der Waals surface area contributed by atoms with E-state index in [-0.39, 0.29) is 0 Å². The van der Waals surface area contributed by atoms with Gasteiger partial charge in [-0.15, -0.1) is 0 Å². The van der Waals surface area contributed by atoms with Gasteiger partial charge in [-0.2, -0.15) is 8.42 Å². The third-order valence-corrected chi connectivity index (χ3v) is 3.29. The van der Waals surface area contributed by atoms with Crippen molar-refractivity contribution in [1.82, 2.24) is 0 Å². The second-order valence-electron chi connectivity index (χ2n) is 4.70. The Morgan fingerprint density at radius 2 is 1.57 bits per heavy atom. The van der Waals surface area contributed by atoms with Gasteiger partial charge >= 0.3 is 10.1 Å². The molecule has 5 heteroatoms. The fourth-order valence-corrected chi connectivity index (χ4v) is 2.33. The molecule has 0 fully saturated rings. The number of aryl methyl sites for hydroxylation is 1. The van der Waals surface area contributed by atoms with E-state index in [1.165, 1.54) is 0 Å². The normalized spacial score (nSPS) is 11.1. The molecule has 0 unspecified atom stereocenters. The van der Waals surface area contributed by atoms with Crippen LogP contribution in [0.15, 0.2) is 54.6 Å². The number of para-hydroxylation sites is 1. The van der Waals surface area contributed by atoms with Gasteiger partial charge in [0.2, 0.25) is 0 Å². The first-order valence-electron chi connectivity index (χ1n) is 6.69. The van der Waals surface area contributed by atoms with Gasteiger partial charge < -0.3 is 8.92 Å². The first-order valence-corrected chi connectivity index (χ1v) is 8.51. The molecule has 0 N–H and O–H groups in total. The van der Waals surface area contributed by atoms with Crippen LogP contribution >= 0.6 is 0 Å². The van der Waals surface area contributed by atoms with Gasteiger partial charge in [-0.25, -0.2) is 0 Å². The van der Waals surface area contributed by atoms with E-state index in [9.17, 15) is 8.42 Å². The topological polar surface area (TPSA) is 52.6 Å². The fourth-order valence-electron chi connectivity index (χ4n) is 1.87. The predicted molar refractivity (Wildman–Crippen MR) is 82.2 cm³/mol. The molecule has 0 spiro atoms. The smallest absolute Gasteiger partial charge is 0.306 e. The molecule has 0 aliphatic carbocycles. The third kappa shape index (κ3) is 5.87. The molecule has 0 heterocycles. The second kappa shape index (κ2) is 7.13. The van der Waals surface area contributed by atoms with Crippen molar-refractivity contribution in [2.24, 2.45) is 0 Å². The highest BCUT2D eigenvalue weighted by Crippen LogP contribution is 2.15. The van der Waals surface area contributed by atoms with Gasteiger partial charge in [-0.3, -0.25) is 0 Å². The predicted octanol–water partition coefficient (Wildman–Crippen LogP) is 3.04. The van der Waals surface area contributed by atoms with Crippen LogP contribution in [-0.4, -0.2) is 21.3 Å². The summed E-state index contributed by atoms with van der Waals surface area (Å²) in [7, 11) is -3.46. The molecular weight excluding hydrogens is 288 g/mol. The second-order valence-corrected chi connectivity index (χ2v) is 6.27. The Morgan fingerprint density at radius 1 is 0.905 bits per heavy atom. The van der Waals surface area contributed by atoms with Crippen LogP contribution in [0.4, 0.5) is 0 Å². The number of hydrogen-bond acceptors (Lipinski definition) is 4. The van der Waals surface area contributed by atoms with Gasteiger partial charge in [0.15, 0.2) is 0 Å². The molecule has 0 aliphatic heterocycles. The van der Waals surface area contributed by atoms with Crippen molar-refractivity contribution in [2.45, 2.75) is 12.8 Å². The van der Waals surface area contributed by atoms with E-state index in [0.717, 1.165) is 30.4 Å². The van der Waals surface area contributed by atoms with E-state index in [0.29, 0.717) is 12.4 Å². The zero-order chi connectivity index (χ0) is 15.1. The minimum Gasteiger partial charge on any atom is -0.494 e. The third-order valence-electron chi connectivity index (χ3n) is 2.79. The summed E-state index contributed by atoms with van der Waals surface area (Å²) < 4.78 is 32.4. The van der Waals surface area contributed by atoms with Crippen molar-refractivity contribution < 1.29 is 17.3 Å². The van der Waals surface area contributed by atoms with Crippen molar-refractivity contribution in [1.29, 1.82) is 0 Å². The molecule has 2 rings (SSSR count). The summed E-state index contributed by atoms with van der Waals surface area (Å²) in [6.45, 7) is 0.644. The molecule has 0 radical (unpaired) electrons. The maximum absolute atomic E-state index is 11.0. The minimum atomic E-state index is -3.46. The molecule has 0 saturated carbocycles.